The second-order valence-electron chi connectivity index (χ2n) is 7.86. The molecular formula is C25H24Cl2N4O2. The summed E-state index contributed by atoms with van der Waals surface area (Å²) in [6.07, 6.45) is 0. The van der Waals surface area contributed by atoms with Crippen molar-refractivity contribution in [2.45, 2.75) is 6.54 Å². The van der Waals surface area contributed by atoms with Crippen LogP contribution < -0.4 is 10.6 Å². The third-order valence-electron chi connectivity index (χ3n) is 5.56. The number of para-hydroxylation sites is 1. The Labute approximate surface area is 203 Å². The number of aromatic nitrogens is 1. The Morgan fingerprint density at radius 3 is 2.70 bits per heavy atom. The SMILES string of the molecule is Cl.O=C(Nc1ccccc1-c1nc2ccc(CN3CCNCC3)cc2o1)c1cccc(Cl)c1. The van der Waals surface area contributed by atoms with Crippen molar-refractivity contribution in [2.75, 3.05) is 31.5 Å². The molecule has 5 rings (SSSR count). The van der Waals surface area contributed by atoms with Crippen molar-refractivity contribution >= 4 is 46.7 Å². The maximum atomic E-state index is 12.7. The van der Waals surface area contributed by atoms with Gasteiger partial charge in [-0.15, -0.1) is 12.4 Å². The van der Waals surface area contributed by atoms with E-state index < -0.39 is 0 Å². The molecule has 0 unspecified atom stereocenters. The molecule has 6 nitrogen and oxygen atoms in total. The van der Waals surface area contributed by atoms with Crippen LogP contribution in [0.3, 0.4) is 0 Å². The molecule has 3 aromatic carbocycles. The van der Waals surface area contributed by atoms with Crippen LogP contribution in [-0.4, -0.2) is 42.0 Å². The lowest BCUT2D eigenvalue weighted by molar-refractivity contribution is 0.102. The van der Waals surface area contributed by atoms with Gasteiger partial charge in [-0.1, -0.05) is 35.9 Å². The van der Waals surface area contributed by atoms with Crippen LogP contribution in [0.5, 0.6) is 0 Å². The van der Waals surface area contributed by atoms with Gasteiger partial charge in [0.1, 0.15) is 5.52 Å². The van der Waals surface area contributed by atoms with E-state index in [9.17, 15) is 4.79 Å². The number of nitrogens with one attached hydrogen (secondary N) is 2. The molecule has 33 heavy (non-hydrogen) atoms. The highest BCUT2D eigenvalue weighted by molar-refractivity contribution is 6.31. The van der Waals surface area contributed by atoms with Crippen molar-refractivity contribution in [3.63, 3.8) is 0 Å². The molecule has 0 atom stereocenters. The first-order chi connectivity index (χ1) is 15.7. The van der Waals surface area contributed by atoms with Crippen molar-refractivity contribution in [3.05, 3.63) is 82.9 Å². The average molecular weight is 483 g/mol. The summed E-state index contributed by atoms with van der Waals surface area (Å²) in [4.78, 5) is 19.8. The van der Waals surface area contributed by atoms with Gasteiger partial charge in [0.05, 0.1) is 11.3 Å². The van der Waals surface area contributed by atoms with Crippen LogP contribution in [0.4, 0.5) is 5.69 Å². The minimum atomic E-state index is -0.241. The minimum Gasteiger partial charge on any atom is -0.436 e. The molecule has 0 aliphatic carbocycles. The number of piperazine rings is 1. The third-order valence-corrected chi connectivity index (χ3v) is 5.80. The van der Waals surface area contributed by atoms with E-state index in [0.717, 1.165) is 49.4 Å². The third kappa shape index (κ3) is 5.37. The Morgan fingerprint density at radius 2 is 1.88 bits per heavy atom. The largest absolute Gasteiger partial charge is 0.436 e. The molecule has 0 bridgehead atoms. The molecule has 2 N–H and O–H groups in total. The van der Waals surface area contributed by atoms with Gasteiger partial charge in [-0.05, 0) is 48.0 Å². The maximum absolute atomic E-state index is 12.7. The number of fused-ring (bicyclic) bond motifs is 1. The number of hydrogen-bond donors (Lipinski definition) is 2. The van der Waals surface area contributed by atoms with Gasteiger partial charge in [0.25, 0.3) is 5.91 Å². The van der Waals surface area contributed by atoms with Gasteiger partial charge in [-0.25, -0.2) is 4.98 Å². The maximum Gasteiger partial charge on any atom is 0.255 e. The number of rotatable bonds is 5. The molecule has 1 amide bonds. The van der Waals surface area contributed by atoms with Gasteiger partial charge in [0, 0.05) is 43.3 Å². The molecule has 0 spiro atoms. The summed E-state index contributed by atoms with van der Waals surface area (Å²) in [5, 5.41) is 6.84. The Hall–Kier alpha value is -2.90. The van der Waals surface area contributed by atoms with E-state index in [0.29, 0.717) is 22.2 Å². The summed E-state index contributed by atoms with van der Waals surface area (Å²) in [6.45, 7) is 5.01. The summed E-state index contributed by atoms with van der Waals surface area (Å²) in [5.41, 5.74) is 4.57. The first-order valence-corrected chi connectivity index (χ1v) is 11.0. The molecule has 0 saturated carbocycles. The number of carbonyl (C=O) groups is 1. The monoisotopic (exact) mass is 482 g/mol. The molecule has 1 fully saturated rings. The zero-order valence-corrected chi connectivity index (χ0v) is 19.5. The summed E-state index contributed by atoms with van der Waals surface area (Å²) in [6, 6.07) is 20.5. The Kier molecular flexibility index (Phi) is 7.30. The first-order valence-electron chi connectivity index (χ1n) is 10.6. The molecule has 1 aromatic heterocycles. The normalized spacial score (nSPS) is 14.1. The fraction of sp³-hybridized carbons (Fsp3) is 0.200. The second kappa shape index (κ2) is 10.4. The standard InChI is InChI=1S/C25H23ClN4O2.ClH/c26-19-5-3-4-18(15-19)24(31)28-21-7-2-1-6-20(21)25-29-22-9-8-17(14-23(22)32-25)16-30-12-10-27-11-13-30;/h1-9,14-15,27H,10-13,16H2,(H,28,31);1H. The van der Waals surface area contributed by atoms with Crippen LogP contribution in [0.1, 0.15) is 15.9 Å². The predicted molar refractivity (Wildman–Crippen MR) is 134 cm³/mol. The smallest absolute Gasteiger partial charge is 0.255 e. The topological polar surface area (TPSA) is 70.4 Å². The van der Waals surface area contributed by atoms with Crippen molar-refractivity contribution in [1.29, 1.82) is 0 Å². The quantitative estimate of drug-likeness (QED) is 0.407. The number of anilines is 1. The number of oxazole rings is 1. The molecule has 8 heteroatoms. The Balaban J connectivity index is 0.00000259. The number of carbonyl (C=O) groups excluding carboxylic acids is 1. The number of hydrogen-bond acceptors (Lipinski definition) is 5. The van der Waals surface area contributed by atoms with E-state index in [1.165, 1.54) is 5.56 Å². The fourth-order valence-corrected chi connectivity index (χ4v) is 4.10. The average Bonchev–Trinajstić information content (AvgIpc) is 3.23. The zero-order valence-electron chi connectivity index (χ0n) is 17.9. The van der Waals surface area contributed by atoms with E-state index in [2.05, 4.69) is 32.7 Å². The van der Waals surface area contributed by atoms with E-state index in [1.54, 1.807) is 24.3 Å². The van der Waals surface area contributed by atoms with Crippen molar-refractivity contribution < 1.29 is 9.21 Å². The van der Waals surface area contributed by atoms with Gasteiger partial charge in [-0.2, -0.15) is 0 Å². The van der Waals surface area contributed by atoms with Gasteiger partial charge in [-0.3, -0.25) is 9.69 Å². The lowest BCUT2D eigenvalue weighted by Gasteiger charge is -2.27. The number of nitrogens with zero attached hydrogens (tertiary/aromatic N) is 2. The summed E-state index contributed by atoms with van der Waals surface area (Å²) in [7, 11) is 0. The van der Waals surface area contributed by atoms with Crippen LogP contribution in [-0.2, 0) is 6.54 Å². The molecule has 2 heterocycles. The van der Waals surface area contributed by atoms with Crippen LogP contribution >= 0.6 is 24.0 Å². The number of amides is 1. The summed E-state index contributed by atoms with van der Waals surface area (Å²) < 4.78 is 6.12. The molecule has 1 saturated heterocycles. The van der Waals surface area contributed by atoms with Crippen LogP contribution in [0.2, 0.25) is 5.02 Å². The summed E-state index contributed by atoms with van der Waals surface area (Å²) in [5.74, 6) is 0.232. The molecule has 1 aliphatic rings. The molecule has 4 aromatic rings. The number of halogens is 2. The van der Waals surface area contributed by atoms with E-state index in [-0.39, 0.29) is 18.3 Å². The molecule has 170 valence electrons. The minimum absolute atomic E-state index is 0. The molecular weight excluding hydrogens is 459 g/mol. The van der Waals surface area contributed by atoms with Gasteiger partial charge in [0.15, 0.2) is 5.58 Å². The highest BCUT2D eigenvalue weighted by Crippen LogP contribution is 2.31. The molecule has 1 aliphatic heterocycles. The highest BCUT2D eigenvalue weighted by atomic mass is 35.5. The predicted octanol–water partition coefficient (Wildman–Crippen LogP) is 5.23. The van der Waals surface area contributed by atoms with Crippen molar-refractivity contribution in [2.24, 2.45) is 0 Å². The highest BCUT2D eigenvalue weighted by Gasteiger charge is 2.16. The van der Waals surface area contributed by atoms with E-state index in [4.69, 9.17) is 16.0 Å². The van der Waals surface area contributed by atoms with Gasteiger partial charge in [0.2, 0.25) is 5.89 Å². The lowest BCUT2D eigenvalue weighted by atomic mass is 10.1. The number of benzene rings is 3. The van der Waals surface area contributed by atoms with Gasteiger partial charge < -0.3 is 15.1 Å². The lowest BCUT2D eigenvalue weighted by Crippen LogP contribution is -2.42. The summed E-state index contributed by atoms with van der Waals surface area (Å²) >= 11 is 6.03. The van der Waals surface area contributed by atoms with E-state index in [1.807, 2.05) is 30.3 Å². The van der Waals surface area contributed by atoms with Crippen molar-refractivity contribution in [1.82, 2.24) is 15.2 Å². The van der Waals surface area contributed by atoms with Crippen LogP contribution in [0.25, 0.3) is 22.6 Å². The van der Waals surface area contributed by atoms with Gasteiger partial charge >= 0.3 is 0 Å². The van der Waals surface area contributed by atoms with E-state index >= 15 is 0 Å². The zero-order chi connectivity index (χ0) is 21.9. The Bertz CT molecular complexity index is 1270. The fourth-order valence-electron chi connectivity index (χ4n) is 3.91. The van der Waals surface area contributed by atoms with Crippen LogP contribution in [0.15, 0.2) is 71.1 Å². The molecule has 0 radical (unpaired) electrons. The first kappa shape index (κ1) is 23.3. The second-order valence-corrected chi connectivity index (χ2v) is 8.29. The van der Waals surface area contributed by atoms with Crippen molar-refractivity contribution in [3.8, 4) is 11.5 Å². The Morgan fingerprint density at radius 1 is 1.06 bits per heavy atom. The van der Waals surface area contributed by atoms with Crippen LogP contribution in [0, 0.1) is 0 Å².